The number of aliphatic carboxylic acids is 1. The summed E-state index contributed by atoms with van der Waals surface area (Å²) in [5, 5.41) is 12.1. The summed E-state index contributed by atoms with van der Waals surface area (Å²) in [7, 11) is 1.51. The summed E-state index contributed by atoms with van der Waals surface area (Å²) in [5.41, 5.74) is 0.627. The molecule has 2 N–H and O–H groups in total. The van der Waals surface area contributed by atoms with Crippen molar-refractivity contribution in [2.75, 3.05) is 7.11 Å². The molecule has 0 aliphatic carbocycles. The van der Waals surface area contributed by atoms with E-state index in [0.29, 0.717) is 22.8 Å². The second-order valence-corrected chi connectivity index (χ2v) is 5.17. The molecule has 0 fully saturated rings. The van der Waals surface area contributed by atoms with Crippen molar-refractivity contribution in [2.24, 2.45) is 0 Å². The van der Waals surface area contributed by atoms with Gasteiger partial charge in [-0.05, 0) is 24.6 Å². The highest BCUT2D eigenvalue weighted by atomic mass is 35.5. The number of carbonyl (C=O) groups excluding carboxylic acids is 1. The molecule has 1 aromatic carbocycles. The number of nitrogens with one attached hydrogen (secondary N) is 1. The molecule has 0 radical (unpaired) electrons. The number of ether oxygens (including phenoxy) is 1. The van der Waals surface area contributed by atoms with Gasteiger partial charge in [0, 0.05) is 10.6 Å². The van der Waals surface area contributed by atoms with Crippen molar-refractivity contribution in [1.29, 1.82) is 0 Å². The van der Waals surface area contributed by atoms with E-state index in [1.165, 1.54) is 7.11 Å². The van der Waals surface area contributed by atoms with Crippen LogP contribution in [0.3, 0.4) is 0 Å². The molecule has 0 saturated carbocycles. The van der Waals surface area contributed by atoms with Gasteiger partial charge in [0.25, 0.3) is 0 Å². The number of hydrogen-bond acceptors (Lipinski definition) is 3. The number of carbonyl (C=O) groups is 2. The Morgan fingerprint density at radius 1 is 1.43 bits per heavy atom. The maximum atomic E-state index is 12.0. The Morgan fingerprint density at radius 3 is 2.71 bits per heavy atom. The normalized spacial score (nSPS) is 11.8. The summed E-state index contributed by atoms with van der Waals surface area (Å²) in [6.07, 6.45) is 2.07. The van der Waals surface area contributed by atoms with E-state index in [0.717, 1.165) is 12.8 Å². The lowest BCUT2D eigenvalue weighted by Gasteiger charge is -2.15. The number of carboxylic acid groups (broad SMARTS) is 1. The molecule has 0 saturated heterocycles. The van der Waals surface area contributed by atoms with Crippen molar-refractivity contribution in [1.82, 2.24) is 5.32 Å². The average Bonchev–Trinajstić information content (AvgIpc) is 2.43. The van der Waals surface area contributed by atoms with Crippen LogP contribution in [0.2, 0.25) is 5.02 Å². The van der Waals surface area contributed by atoms with Crippen molar-refractivity contribution >= 4 is 23.5 Å². The van der Waals surface area contributed by atoms with Crippen LogP contribution in [0.5, 0.6) is 5.75 Å². The topological polar surface area (TPSA) is 75.6 Å². The zero-order valence-electron chi connectivity index (χ0n) is 12.2. The number of unbranched alkanes of at least 4 members (excludes halogenated alkanes) is 1. The van der Waals surface area contributed by atoms with E-state index in [9.17, 15) is 9.59 Å². The molecular weight excluding hydrogens is 294 g/mol. The van der Waals surface area contributed by atoms with Crippen molar-refractivity contribution < 1.29 is 19.4 Å². The molecule has 1 aromatic rings. The second-order valence-electron chi connectivity index (χ2n) is 4.73. The highest BCUT2D eigenvalue weighted by molar-refractivity contribution is 6.30. The van der Waals surface area contributed by atoms with Crippen LogP contribution in [0.15, 0.2) is 18.2 Å². The lowest BCUT2D eigenvalue weighted by molar-refractivity contribution is -0.142. The molecule has 0 aliphatic heterocycles. The molecule has 5 nitrogen and oxygen atoms in total. The lowest BCUT2D eigenvalue weighted by Crippen LogP contribution is -2.41. The van der Waals surface area contributed by atoms with Gasteiger partial charge in [0.1, 0.15) is 11.8 Å². The van der Waals surface area contributed by atoms with Gasteiger partial charge in [-0.3, -0.25) is 4.79 Å². The number of amides is 1. The van der Waals surface area contributed by atoms with E-state index < -0.39 is 12.0 Å². The van der Waals surface area contributed by atoms with Gasteiger partial charge in [-0.25, -0.2) is 4.79 Å². The Labute approximate surface area is 129 Å². The van der Waals surface area contributed by atoms with E-state index in [1.54, 1.807) is 18.2 Å². The van der Waals surface area contributed by atoms with Crippen LogP contribution >= 0.6 is 11.6 Å². The van der Waals surface area contributed by atoms with E-state index in [1.807, 2.05) is 6.92 Å². The molecule has 6 heteroatoms. The molecule has 1 rings (SSSR count). The van der Waals surface area contributed by atoms with Gasteiger partial charge in [-0.15, -0.1) is 0 Å². The largest absolute Gasteiger partial charge is 0.496 e. The Morgan fingerprint density at radius 2 is 2.14 bits per heavy atom. The molecule has 0 spiro atoms. The van der Waals surface area contributed by atoms with Crippen molar-refractivity contribution in [2.45, 2.75) is 38.6 Å². The van der Waals surface area contributed by atoms with Crippen molar-refractivity contribution in [3.8, 4) is 5.75 Å². The Bertz CT molecular complexity index is 504. The maximum Gasteiger partial charge on any atom is 0.326 e. The average molecular weight is 314 g/mol. The SMILES string of the molecule is CCCCC(NC(=O)Cc1cc(Cl)ccc1OC)C(=O)O. The fraction of sp³-hybridized carbons (Fsp3) is 0.467. The van der Waals surface area contributed by atoms with Crippen LogP contribution in [0.4, 0.5) is 0 Å². The van der Waals surface area contributed by atoms with Crippen molar-refractivity contribution in [3.63, 3.8) is 0 Å². The quantitative estimate of drug-likeness (QED) is 0.773. The third-order valence-corrected chi connectivity index (χ3v) is 3.31. The molecule has 0 aliphatic rings. The molecule has 116 valence electrons. The van der Waals surface area contributed by atoms with E-state index in [-0.39, 0.29) is 12.3 Å². The fourth-order valence-corrected chi connectivity index (χ4v) is 2.16. The van der Waals surface area contributed by atoms with Crippen LogP contribution in [0.1, 0.15) is 31.7 Å². The first-order valence-corrected chi connectivity index (χ1v) is 7.20. The van der Waals surface area contributed by atoms with Crippen LogP contribution in [-0.4, -0.2) is 30.1 Å². The van der Waals surface area contributed by atoms with Crippen LogP contribution in [0, 0.1) is 0 Å². The molecule has 0 bridgehead atoms. The molecule has 1 amide bonds. The molecule has 21 heavy (non-hydrogen) atoms. The maximum absolute atomic E-state index is 12.0. The second kappa shape index (κ2) is 8.52. The van der Waals surface area contributed by atoms with Gasteiger partial charge in [-0.1, -0.05) is 31.4 Å². The summed E-state index contributed by atoms with van der Waals surface area (Å²) in [5.74, 6) is -0.830. The van der Waals surface area contributed by atoms with Gasteiger partial charge < -0.3 is 15.2 Å². The molecule has 0 heterocycles. The van der Waals surface area contributed by atoms with Gasteiger partial charge in [-0.2, -0.15) is 0 Å². The van der Waals surface area contributed by atoms with Gasteiger partial charge in [0.05, 0.1) is 13.5 Å². The third kappa shape index (κ3) is 5.63. The summed E-state index contributed by atoms with van der Waals surface area (Å²) in [6, 6.07) is 4.13. The predicted molar refractivity (Wildman–Crippen MR) is 80.8 cm³/mol. The number of benzene rings is 1. The van der Waals surface area contributed by atoms with Gasteiger partial charge >= 0.3 is 5.97 Å². The number of halogens is 1. The highest BCUT2D eigenvalue weighted by Gasteiger charge is 2.20. The monoisotopic (exact) mass is 313 g/mol. The summed E-state index contributed by atoms with van der Waals surface area (Å²) >= 11 is 5.90. The zero-order chi connectivity index (χ0) is 15.8. The van der Waals surface area contributed by atoms with E-state index in [4.69, 9.17) is 21.4 Å². The molecule has 1 unspecified atom stereocenters. The highest BCUT2D eigenvalue weighted by Crippen LogP contribution is 2.23. The molecule has 0 aromatic heterocycles. The predicted octanol–water partition coefficient (Wildman–Crippen LogP) is 2.65. The smallest absolute Gasteiger partial charge is 0.326 e. The summed E-state index contributed by atoms with van der Waals surface area (Å²) < 4.78 is 5.16. The first-order chi connectivity index (χ1) is 9.97. The van der Waals surface area contributed by atoms with Crippen molar-refractivity contribution in [3.05, 3.63) is 28.8 Å². The molecular formula is C15H20ClNO4. The summed E-state index contributed by atoms with van der Waals surface area (Å²) in [4.78, 5) is 23.1. The molecule has 1 atom stereocenters. The van der Waals surface area contributed by atoms with Crippen LogP contribution in [0.25, 0.3) is 0 Å². The van der Waals surface area contributed by atoms with Gasteiger partial charge in [0.2, 0.25) is 5.91 Å². The number of carboxylic acids is 1. The Hall–Kier alpha value is -1.75. The number of hydrogen-bond donors (Lipinski definition) is 2. The standard InChI is InChI=1S/C15H20ClNO4/c1-3-4-5-12(15(19)20)17-14(18)9-10-8-11(16)6-7-13(10)21-2/h6-8,12H,3-5,9H2,1-2H3,(H,17,18)(H,19,20). The lowest BCUT2D eigenvalue weighted by atomic mass is 10.1. The minimum Gasteiger partial charge on any atom is -0.496 e. The number of methoxy groups -OCH3 is 1. The van der Waals surface area contributed by atoms with E-state index in [2.05, 4.69) is 5.32 Å². The van der Waals surface area contributed by atoms with Gasteiger partial charge in [0.15, 0.2) is 0 Å². The van der Waals surface area contributed by atoms with Crippen LogP contribution in [-0.2, 0) is 16.0 Å². The third-order valence-electron chi connectivity index (χ3n) is 3.07. The zero-order valence-corrected chi connectivity index (χ0v) is 12.9. The van der Waals surface area contributed by atoms with Crippen LogP contribution < -0.4 is 10.1 Å². The summed E-state index contributed by atoms with van der Waals surface area (Å²) in [6.45, 7) is 1.97. The fourth-order valence-electron chi connectivity index (χ4n) is 1.97. The Kier molecular flexibility index (Phi) is 7.02. The minimum atomic E-state index is -1.02. The number of rotatable bonds is 8. The first kappa shape index (κ1) is 17.3. The Balaban J connectivity index is 2.71. The first-order valence-electron chi connectivity index (χ1n) is 6.82. The minimum absolute atomic E-state index is 0.0274. The van der Waals surface area contributed by atoms with E-state index >= 15 is 0 Å².